The third-order valence-electron chi connectivity index (χ3n) is 3.05. The van der Waals surface area contributed by atoms with Crippen LogP contribution in [0.5, 0.6) is 0 Å². The van der Waals surface area contributed by atoms with Crippen molar-refractivity contribution >= 4 is 11.3 Å². The number of hydrogen-bond acceptors (Lipinski definition) is 4. The van der Waals surface area contributed by atoms with Gasteiger partial charge in [0, 0.05) is 23.7 Å². The number of nitrogens with zero attached hydrogens (tertiary/aromatic N) is 1. The van der Waals surface area contributed by atoms with Crippen LogP contribution >= 0.6 is 11.3 Å². The van der Waals surface area contributed by atoms with E-state index in [2.05, 4.69) is 17.2 Å². The van der Waals surface area contributed by atoms with Crippen LogP contribution in [-0.4, -0.2) is 24.2 Å². The van der Waals surface area contributed by atoms with E-state index in [0.717, 1.165) is 26.0 Å². The lowest BCUT2D eigenvalue weighted by molar-refractivity contribution is 0.0997. The summed E-state index contributed by atoms with van der Waals surface area (Å²) in [6, 6.07) is 0.460. The molecule has 3 nitrogen and oxygen atoms in total. The van der Waals surface area contributed by atoms with Crippen LogP contribution in [0.3, 0.4) is 0 Å². The maximum Gasteiger partial charge on any atom is 0.0794 e. The molecule has 0 amide bonds. The summed E-state index contributed by atoms with van der Waals surface area (Å²) < 4.78 is 5.66. The summed E-state index contributed by atoms with van der Waals surface area (Å²) in [4.78, 5) is 5.50. The average molecular weight is 240 g/mol. The van der Waals surface area contributed by atoms with Crippen molar-refractivity contribution in [3.05, 3.63) is 16.6 Å². The van der Waals surface area contributed by atoms with Gasteiger partial charge in [0.15, 0.2) is 0 Å². The van der Waals surface area contributed by atoms with Crippen molar-refractivity contribution in [3.63, 3.8) is 0 Å². The Morgan fingerprint density at radius 3 is 3.25 bits per heavy atom. The van der Waals surface area contributed by atoms with E-state index in [1.165, 1.54) is 17.7 Å². The Hall–Kier alpha value is -0.450. The minimum Gasteiger partial charge on any atom is -0.378 e. The van der Waals surface area contributed by atoms with Gasteiger partial charge in [0.2, 0.25) is 0 Å². The lowest BCUT2D eigenvalue weighted by atomic mass is 10.1. The van der Waals surface area contributed by atoms with E-state index in [1.54, 1.807) is 11.3 Å². The number of aromatic nitrogens is 1. The van der Waals surface area contributed by atoms with E-state index in [0.29, 0.717) is 12.1 Å². The standard InChI is InChI=1S/C12H20N2OS/c1-2-14-11(12-8-13-9-16-12)6-5-10-4-3-7-15-10/h8-11,14H,2-7H2,1H3. The van der Waals surface area contributed by atoms with E-state index < -0.39 is 0 Å². The number of thiazole rings is 1. The quantitative estimate of drug-likeness (QED) is 0.830. The van der Waals surface area contributed by atoms with Crippen LogP contribution in [0.1, 0.15) is 43.5 Å². The molecular weight excluding hydrogens is 220 g/mol. The zero-order chi connectivity index (χ0) is 11.2. The first-order valence-corrected chi connectivity index (χ1v) is 7.01. The van der Waals surface area contributed by atoms with Crippen molar-refractivity contribution in [1.29, 1.82) is 0 Å². The Bertz CT molecular complexity index is 283. The number of ether oxygens (including phenoxy) is 1. The minimum absolute atomic E-state index is 0.460. The third-order valence-corrected chi connectivity index (χ3v) is 3.94. The van der Waals surface area contributed by atoms with Crippen molar-refractivity contribution < 1.29 is 4.74 Å². The Morgan fingerprint density at radius 2 is 2.62 bits per heavy atom. The van der Waals surface area contributed by atoms with Gasteiger partial charge in [-0.25, -0.2) is 0 Å². The van der Waals surface area contributed by atoms with Crippen molar-refractivity contribution in [2.24, 2.45) is 0 Å². The topological polar surface area (TPSA) is 34.1 Å². The van der Waals surface area contributed by atoms with Crippen LogP contribution in [-0.2, 0) is 4.74 Å². The fourth-order valence-corrected chi connectivity index (χ4v) is 2.94. The lowest BCUT2D eigenvalue weighted by Gasteiger charge is -2.18. The average Bonchev–Trinajstić information content (AvgIpc) is 2.96. The minimum atomic E-state index is 0.460. The first-order chi connectivity index (χ1) is 7.90. The highest BCUT2D eigenvalue weighted by atomic mass is 32.1. The van der Waals surface area contributed by atoms with E-state index in [9.17, 15) is 0 Å². The fourth-order valence-electron chi connectivity index (χ4n) is 2.21. The van der Waals surface area contributed by atoms with Gasteiger partial charge < -0.3 is 10.1 Å². The Balaban J connectivity index is 1.82. The second-order valence-corrected chi connectivity index (χ2v) is 5.14. The molecule has 0 aromatic carbocycles. The van der Waals surface area contributed by atoms with Gasteiger partial charge >= 0.3 is 0 Å². The normalized spacial score (nSPS) is 22.4. The smallest absolute Gasteiger partial charge is 0.0794 e. The molecular formula is C12H20N2OS. The predicted molar refractivity (Wildman–Crippen MR) is 66.7 cm³/mol. The van der Waals surface area contributed by atoms with E-state index in [-0.39, 0.29) is 0 Å². The van der Waals surface area contributed by atoms with Gasteiger partial charge in [0.05, 0.1) is 11.6 Å². The van der Waals surface area contributed by atoms with Crippen LogP contribution < -0.4 is 5.32 Å². The maximum absolute atomic E-state index is 5.66. The molecule has 2 heterocycles. The Labute approximate surface area is 101 Å². The van der Waals surface area contributed by atoms with Crippen molar-refractivity contribution in [2.75, 3.05) is 13.2 Å². The molecule has 1 fully saturated rings. The van der Waals surface area contributed by atoms with Crippen LogP contribution in [0.4, 0.5) is 0 Å². The molecule has 1 N–H and O–H groups in total. The highest BCUT2D eigenvalue weighted by Gasteiger charge is 2.19. The van der Waals surface area contributed by atoms with Gasteiger partial charge in [-0.05, 0) is 32.2 Å². The fraction of sp³-hybridized carbons (Fsp3) is 0.750. The molecule has 2 rings (SSSR count). The van der Waals surface area contributed by atoms with Gasteiger partial charge in [-0.3, -0.25) is 4.98 Å². The Kier molecular flexibility index (Phi) is 4.75. The molecule has 0 aliphatic carbocycles. The summed E-state index contributed by atoms with van der Waals surface area (Å²) in [5.41, 5.74) is 1.91. The number of nitrogens with one attached hydrogen (secondary N) is 1. The van der Waals surface area contributed by atoms with E-state index >= 15 is 0 Å². The molecule has 0 radical (unpaired) electrons. The van der Waals surface area contributed by atoms with E-state index in [4.69, 9.17) is 4.74 Å². The monoisotopic (exact) mass is 240 g/mol. The van der Waals surface area contributed by atoms with E-state index in [1.807, 2.05) is 11.7 Å². The Morgan fingerprint density at radius 1 is 1.69 bits per heavy atom. The van der Waals surface area contributed by atoms with Gasteiger partial charge in [-0.1, -0.05) is 6.92 Å². The second kappa shape index (κ2) is 6.33. The molecule has 2 unspecified atom stereocenters. The number of rotatable bonds is 6. The molecule has 1 aromatic heterocycles. The molecule has 1 aliphatic heterocycles. The van der Waals surface area contributed by atoms with Gasteiger partial charge in [0.1, 0.15) is 0 Å². The van der Waals surface area contributed by atoms with Crippen molar-refractivity contribution in [1.82, 2.24) is 10.3 Å². The van der Waals surface area contributed by atoms with Gasteiger partial charge in [-0.15, -0.1) is 11.3 Å². The molecule has 0 bridgehead atoms. The molecule has 1 aliphatic rings. The van der Waals surface area contributed by atoms with Crippen molar-refractivity contribution in [2.45, 2.75) is 44.8 Å². The summed E-state index contributed by atoms with van der Waals surface area (Å²) >= 11 is 1.74. The van der Waals surface area contributed by atoms with Gasteiger partial charge in [-0.2, -0.15) is 0 Å². The van der Waals surface area contributed by atoms with Crippen LogP contribution in [0, 0.1) is 0 Å². The SMILES string of the molecule is CCNC(CCC1CCCO1)c1cncs1. The zero-order valence-electron chi connectivity index (χ0n) is 9.82. The molecule has 0 saturated carbocycles. The summed E-state index contributed by atoms with van der Waals surface area (Å²) in [7, 11) is 0. The van der Waals surface area contributed by atoms with Crippen molar-refractivity contribution in [3.8, 4) is 0 Å². The highest BCUT2D eigenvalue weighted by molar-refractivity contribution is 7.09. The molecule has 16 heavy (non-hydrogen) atoms. The predicted octanol–water partition coefficient (Wildman–Crippen LogP) is 2.75. The van der Waals surface area contributed by atoms with Crippen LogP contribution in [0.25, 0.3) is 0 Å². The molecule has 1 saturated heterocycles. The number of hydrogen-bond donors (Lipinski definition) is 1. The molecule has 2 atom stereocenters. The molecule has 90 valence electrons. The van der Waals surface area contributed by atoms with Crippen LogP contribution in [0.2, 0.25) is 0 Å². The summed E-state index contributed by atoms with van der Waals surface area (Å²) in [6.45, 7) is 4.12. The molecule has 1 aromatic rings. The largest absolute Gasteiger partial charge is 0.378 e. The molecule has 0 spiro atoms. The maximum atomic E-state index is 5.66. The first kappa shape index (κ1) is 12.0. The zero-order valence-corrected chi connectivity index (χ0v) is 10.6. The van der Waals surface area contributed by atoms with Crippen LogP contribution in [0.15, 0.2) is 11.7 Å². The summed E-state index contributed by atoms with van der Waals surface area (Å²) in [5, 5.41) is 3.52. The first-order valence-electron chi connectivity index (χ1n) is 6.13. The third kappa shape index (κ3) is 3.27. The highest BCUT2D eigenvalue weighted by Crippen LogP contribution is 2.25. The summed E-state index contributed by atoms with van der Waals surface area (Å²) in [6.07, 6.45) is 7.26. The second-order valence-electron chi connectivity index (χ2n) is 4.23. The summed E-state index contributed by atoms with van der Waals surface area (Å²) in [5.74, 6) is 0. The lowest BCUT2D eigenvalue weighted by Crippen LogP contribution is -2.21. The van der Waals surface area contributed by atoms with Gasteiger partial charge in [0.25, 0.3) is 0 Å². The molecule has 4 heteroatoms.